The van der Waals surface area contributed by atoms with Crippen molar-refractivity contribution >= 4 is 36.8 Å². The standard InChI is InChI=1S/C13H17Cl2O6P.Li/c1-2-3-4-13(22(17,18)19)21-12(16)8-20-11-6-5-9(14)7-10(11)15;/h5-7,13H,2-4,8H2,1H3,(H2,17,18,19);/q;+1/p-1. The smallest absolute Gasteiger partial charge is 0.776 e. The van der Waals surface area contributed by atoms with Gasteiger partial charge in [-0.25, -0.2) is 4.79 Å². The molecule has 0 heterocycles. The van der Waals surface area contributed by atoms with E-state index in [9.17, 15) is 14.3 Å². The molecule has 0 spiro atoms. The number of esters is 1. The number of carbonyl (C=O) groups is 1. The van der Waals surface area contributed by atoms with Crippen molar-refractivity contribution in [2.45, 2.75) is 32.0 Å². The fourth-order valence-corrected chi connectivity index (χ4v) is 2.80. The van der Waals surface area contributed by atoms with Crippen LogP contribution in [-0.4, -0.2) is 23.3 Å². The number of hydrogen-bond donors (Lipinski definition) is 1. The van der Waals surface area contributed by atoms with Gasteiger partial charge in [-0.2, -0.15) is 0 Å². The second kappa shape index (κ2) is 10.6. The van der Waals surface area contributed by atoms with Gasteiger partial charge in [-0.3, -0.25) is 0 Å². The Balaban J connectivity index is 0.00000484. The summed E-state index contributed by atoms with van der Waals surface area (Å²) >= 11 is 11.6. The third kappa shape index (κ3) is 8.46. The fourth-order valence-electron chi connectivity index (χ4n) is 1.58. The van der Waals surface area contributed by atoms with Crippen molar-refractivity contribution in [1.82, 2.24) is 0 Å². The number of benzene rings is 1. The molecule has 0 saturated heterocycles. The summed E-state index contributed by atoms with van der Waals surface area (Å²) in [6.45, 7) is 1.31. The monoisotopic (exact) mass is 376 g/mol. The topological polar surface area (TPSA) is 95.9 Å². The number of ether oxygens (including phenoxy) is 2. The minimum absolute atomic E-state index is 0. The molecule has 1 rings (SSSR count). The van der Waals surface area contributed by atoms with Gasteiger partial charge in [-0.05, 0) is 31.0 Å². The quantitative estimate of drug-likeness (QED) is 0.389. The first kappa shape index (κ1) is 22.8. The second-order valence-electron chi connectivity index (χ2n) is 4.51. The molecule has 0 aliphatic heterocycles. The van der Waals surface area contributed by atoms with Gasteiger partial charge in [0.1, 0.15) is 5.75 Å². The molecule has 0 aliphatic rings. The molecule has 1 N–H and O–H groups in total. The molecule has 124 valence electrons. The van der Waals surface area contributed by atoms with Gasteiger partial charge in [0.2, 0.25) is 0 Å². The Kier molecular flexibility index (Phi) is 10.6. The molecule has 23 heavy (non-hydrogen) atoms. The molecule has 2 unspecified atom stereocenters. The summed E-state index contributed by atoms with van der Waals surface area (Å²) < 4.78 is 21.0. The van der Waals surface area contributed by atoms with E-state index in [0.29, 0.717) is 17.9 Å². The Morgan fingerprint density at radius 2 is 2.09 bits per heavy atom. The molecule has 10 heteroatoms. The van der Waals surface area contributed by atoms with Crippen LogP contribution in [0.3, 0.4) is 0 Å². The number of rotatable bonds is 8. The van der Waals surface area contributed by atoms with Crippen molar-refractivity contribution in [3.63, 3.8) is 0 Å². The average molecular weight is 377 g/mol. The molecule has 0 bridgehead atoms. The molecule has 0 aromatic heterocycles. The summed E-state index contributed by atoms with van der Waals surface area (Å²) in [5.74, 6) is -2.27. The van der Waals surface area contributed by atoms with E-state index in [0.717, 1.165) is 0 Å². The Morgan fingerprint density at radius 1 is 1.43 bits per heavy atom. The van der Waals surface area contributed by atoms with Crippen LogP contribution in [0.1, 0.15) is 26.2 Å². The zero-order valence-corrected chi connectivity index (χ0v) is 15.2. The molecule has 6 nitrogen and oxygen atoms in total. The number of unbranched alkanes of at least 4 members (excludes halogenated alkanes) is 1. The van der Waals surface area contributed by atoms with Crippen molar-refractivity contribution in [3.8, 4) is 5.75 Å². The predicted octanol–water partition coefficient (Wildman–Crippen LogP) is -0.0186. The third-order valence-electron chi connectivity index (χ3n) is 2.68. The van der Waals surface area contributed by atoms with Crippen molar-refractivity contribution in [2.24, 2.45) is 0 Å². The van der Waals surface area contributed by atoms with E-state index < -0.39 is 26.0 Å². The van der Waals surface area contributed by atoms with Gasteiger partial charge >= 0.3 is 24.8 Å². The molecule has 0 radical (unpaired) electrons. The van der Waals surface area contributed by atoms with E-state index in [-0.39, 0.29) is 36.1 Å². The molecule has 0 aliphatic carbocycles. The molecule has 0 amide bonds. The molecular formula is C13H16Cl2LiO6P. The summed E-state index contributed by atoms with van der Waals surface area (Å²) in [6, 6.07) is 4.43. The molecule has 2 atom stereocenters. The van der Waals surface area contributed by atoms with Gasteiger partial charge in [0.15, 0.2) is 20.0 Å². The Hall–Kier alpha value is -0.183. The zero-order chi connectivity index (χ0) is 16.8. The molecule has 1 aromatic rings. The number of hydrogen-bond acceptors (Lipinski definition) is 5. The van der Waals surface area contributed by atoms with Crippen LogP contribution in [0.2, 0.25) is 10.0 Å². The Bertz CT molecular complexity index is 565. The maximum Gasteiger partial charge on any atom is 1.00 e. The third-order valence-corrected chi connectivity index (χ3v) is 4.30. The van der Waals surface area contributed by atoms with Crippen molar-refractivity contribution in [1.29, 1.82) is 0 Å². The van der Waals surface area contributed by atoms with E-state index in [4.69, 9.17) is 37.6 Å². The van der Waals surface area contributed by atoms with Crippen LogP contribution in [0.25, 0.3) is 0 Å². The second-order valence-corrected chi connectivity index (χ2v) is 7.06. The van der Waals surface area contributed by atoms with E-state index >= 15 is 0 Å². The first-order valence-electron chi connectivity index (χ1n) is 6.55. The molecule has 0 fully saturated rings. The zero-order valence-electron chi connectivity index (χ0n) is 12.8. The largest absolute Gasteiger partial charge is 1.00 e. The first-order chi connectivity index (χ1) is 10.2. The fraction of sp³-hybridized carbons (Fsp3) is 0.462. The van der Waals surface area contributed by atoms with Crippen LogP contribution in [0.5, 0.6) is 5.75 Å². The summed E-state index contributed by atoms with van der Waals surface area (Å²) in [6.07, 6.45) is 1.22. The van der Waals surface area contributed by atoms with Gasteiger partial charge in [0, 0.05) is 5.02 Å². The number of halogens is 2. The molecule has 0 saturated carbocycles. The van der Waals surface area contributed by atoms with Gasteiger partial charge in [-0.1, -0.05) is 36.5 Å². The van der Waals surface area contributed by atoms with Crippen molar-refractivity contribution in [2.75, 3.05) is 6.61 Å². The van der Waals surface area contributed by atoms with E-state index in [2.05, 4.69) is 0 Å². The van der Waals surface area contributed by atoms with Crippen LogP contribution >= 0.6 is 30.8 Å². The maximum atomic E-state index is 11.6. The predicted molar refractivity (Wildman–Crippen MR) is 81.2 cm³/mol. The maximum absolute atomic E-state index is 11.6. The molecule has 1 aromatic carbocycles. The average Bonchev–Trinajstić information content (AvgIpc) is 2.41. The Labute approximate surface area is 156 Å². The Morgan fingerprint density at radius 3 is 2.61 bits per heavy atom. The SMILES string of the molecule is CCCCC(OC(=O)COc1ccc(Cl)cc1Cl)P(=O)([O-])O.[Li+]. The summed E-state index contributed by atoms with van der Waals surface area (Å²) in [5, 5.41) is 0.617. The van der Waals surface area contributed by atoms with Crippen LogP contribution in [0.15, 0.2) is 18.2 Å². The van der Waals surface area contributed by atoms with Crippen molar-refractivity contribution in [3.05, 3.63) is 28.2 Å². The van der Waals surface area contributed by atoms with Crippen LogP contribution in [0.4, 0.5) is 0 Å². The van der Waals surface area contributed by atoms with E-state index in [1.54, 1.807) is 0 Å². The minimum atomic E-state index is -4.76. The van der Waals surface area contributed by atoms with E-state index in [1.165, 1.54) is 18.2 Å². The van der Waals surface area contributed by atoms with Crippen LogP contribution in [-0.2, 0) is 14.1 Å². The first-order valence-corrected chi connectivity index (χ1v) is 8.95. The van der Waals surface area contributed by atoms with Crippen LogP contribution in [0, 0.1) is 0 Å². The molecular weight excluding hydrogens is 361 g/mol. The van der Waals surface area contributed by atoms with Gasteiger partial charge in [-0.15, -0.1) is 0 Å². The van der Waals surface area contributed by atoms with Gasteiger partial charge in [0.25, 0.3) is 0 Å². The number of carbonyl (C=O) groups excluding carboxylic acids is 1. The normalized spacial score (nSPS) is 14.3. The van der Waals surface area contributed by atoms with E-state index in [1.807, 2.05) is 6.92 Å². The van der Waals surface area contributed by atoms with Gasteiger partial charge < -0.3 is 23.8 Å². The minimum Gasteiger partial charge on any atom is -0.776 e. The summed E-state index contributed by atoms with van der Waals surface area (Å²) in [7, 11) is -4.76. The van der Waals surface area contributed by atoms with Crippen LogP contribution < -0.4 is 28.5 Å². The van der Waals surface area contributed by atoms with Crippen molar-refractivity contribution < 1.29 is 47.5 Å². The summed E-state index contributed by atoms with van der Waals surface area (Å²) in [4.78, 5) is 31.9. The summed E-state index contributed by atoms with van der Waals surface area (Å²) in [5.41, 5.74) is 0. The van der Waals surface area contributed by atoms with Gasteiger partial charge in [0.05, 0.1) is 5.02 Å².